The maximum Gasteiger partial charge on any atom is 0.180 e. The summed E-state index contributed by atoms with van der Waals surface area (Å²) in [5.74, 6) is 0.842. The lowest BCUT2D eigenvalue weighted by Gasteiger charge is -2.13. The van der Waals surface area contributed by atoms with Crippen molar-refractivity contribution in [3.8, 4) is 0 Å². The smallest absolute Gasteiger partial charge is 0.180 e. The number of hydrogen-bond donors (Lipinski definition) is 0. The second-order valence-corrected chi connectivity index (χ2v) is 10.4. The molecule has 7 heteroatoms. The molecule has 0 aliphatic carbocycles. The van der Waals surface area contributed by atoms with Crippen LogP contribution in [0.4, 0.5) is 0 Å². The van der Waals surface area contributed by atoms with E-state index in [1.165, 1.54) is 0 Å². The van der Waals surface area contributed by atoms with E-state index in [-0.39, 0.29) is 0 Å². The number of rotatable bonds is 0. The van der Waals surface area contributed by atoms with Crippen LogP contribution in [-0.4, -0.2) is 12.7 Å². The third-order valence-electron chi connectivity index (χ3n) is 3.64. The summed E-state index contributed by atoms with van der Waals surface area (Å²) in [4.78, 5) is 1.18. The molecule has 0 radical (unpaired) electrons. The molecule has 0 aromatic heterocycles. The lowest BCUT2D eigenvalue weighted by molar-refractivity contribution is 0.688. The fraction of sp³-hybridized carbons (Fsp3) is 0.158. The molecule has 0 saturated carbocycles. The van der Waals surface area contributed by atoms with E-state index in [1.54, 1.807) is 0 Å². The Hall–Kier alpha value is -0.910. The number of benzene rings is 2. The first-order valence-corrected chi connectivity index (χ1v) is 11.5. The van der Waals surface area contributed by atoms with Crippen LogP contribution in [0.25, 0.3) is 9.81 Å². The van der Waals surface area contributed by atoms with Gasteiger partial charge in [0.25, 0.3) is 0 Å². The fourth-order valence-corrected chi connectivity index (χ4v) is 4.51. The van der Waals surface area contributed by atoms with E-state index in [9.17, 15) is 8.42 Å². The van der Waals surface area contributed by atoms with Crippen molar-refractivity contribution in [1.29, 1.82) is 0 Å². The highest BCUT2D eigenvalue weighted by molar-refractivity contribution is 7.94. The molecule has 26 heavy (non-hydrogen) atoms. The topological polar surface area (TPSA) is 34.1 Å². The average molecular weight is 448 g/mol. The van der Waals surface area contributed by atoms with Gasteiger partial charge in [-0.25, -0.2) is 0 Å². The molecule has 138 valence electrons. The zero-order valence-electron chi connectivity index (χ0n) is 13.8. The molecule has 1 heterocycles. The molecule has 0 fully saturated rings. The first-order valence-electron chi connectivity index (χ1n) is 7.53. The molecule has 2 atom stereocenters. The summed E-state index contributed by atoms with van der Waals surface area (Å²) in [6, 6.07) is 15.2. The van der Waals surface area contributed by atoms with Crippen LogP contribution < -0.4 is 0 Å². The largest absolute Gasteiger partial charge is 0.254 e. The predicted molar refractivity (Wildman–Crippen MR) is 116 cm³/mol. The van der Waals surface area contributed by atoms with Crippen LogP contribution in [0.3, 0.4) is 0 Å². The SMILES string of the molecule is C=C1c2cccc(c2)C(=C)[S@@](=O)Cc2cccc(c2)C[S@]1=O.ClC(Cl)Cl. The average Bonchev–Trinajstić information content (AvgIpc) is 2.59. The van der Waals surface area contributed by atoms with Crippen molar-refractivity contribution in [2.24, 2.45) is 0 Å². The normalized spacial score (nSPS) is 19.8. The Morgan fingerprint density at radius 3 is 1.58 bits per heavy atom. The van der Waals surface area contributed by atoms with Gasteiger partial charge in [0.1, 0.15) is 0 Å². The molecule has 4 bridgehead atoms. The Kier molecular flexibility index (Phi) is 8.11. The molecular weight excluding hydrogens is 431 g/mol. The molecule has 0 saturated heterocycles. The van der Waals surface area contributed by atoms with E-state index in [1.807, 2.05) is 48.5 Å². The van der Waals surface area contributed by atoms with Crippen molar-refractivity contribution < 1.29 is 8.42 Å². The fourth-order valence-electron chi connectivity index (χ4n) is 2.42. The minimum absolute atomic E-state index is 0.421. The molecule has 0 amide bonds. The molecule has 1 aliphatic rings. The molecule has 0 unspecified atom stereocenters. The second-order valence-electron chi connectivity index (χ2n) is 5.47. The van der Waals surface area contributed by atoms with Crippen molar-refractivity contribution in [1.82, 2.24) is 0 Å². The van der Waals surface area contributed by atoms with Gasteiger partial charge in [0.15, 0.2) is 4.30 Å². The highest BCUT2D eigenvalue weighted by atomic mass is 35.6. The highest BCUT2D eigenvalue weighted by Gasteiger charge is 2.15. The second kappa shape index (κ2) is 9.86. The predicted octanol–water partition coefficient (Wildman–Crippen LogP) is 5.83. The van der Waals surface area contributed by atoms with Crippen molar-refractivity contribution in [3.05, 3.63) is 83.9 Å². The number of alkyl halides is 3. The maximum absolute atomic E-state index is 12.5. The van der Waals surface area contributed by atoms with Crippen LogP contribution in [0.1, 0.15) is 22.3 Å². The van der Waals surface area contributed by atoms with Gasteiger partial charge in [-0.3, -0.25) is 8.42 Å². The van der Waals surface area contributed by atoms with Crippen molar-refractivity contribution in [2.45, 2.75) is 15.8 Å². The van der Waals surface area contributed by atoms with Crippen LogP contribution in [0.5, 0.6) is 0 Å². The van der Waals surface area contributed by atoms with E-state index in [4.69, 9.17) is 34.8 Å². The molecule has 1 aliphatic heterocycles. The van der Waals surface area contributed by atoms with E-state index >= 15 is 0 Å². The Balaban J connectivity index is 0.000000552. The summed E-state index contributed by atoms with van der Waals surface area (Å²) < 4.78 is 24.3. The van der Waals surface area contributed by atoms with Crippen LogP contribution in [0.2, 0.25) is 0 Å². The molecule has 2 aromatic rings. The minimum Gasteiger partial charge on any atom is -0.254 e. The zero-order valence-corrected chi connectivity index (χ0v) is 17.7. The lowest BCUT2D eigenvalue weighted by atomic mass is 10.1. The van der Waals surface area contributed by atoms with Gasteiger partial charge in [-0.15, -0.1) is 0 Å². The quantitative estimate of drug-likeness (QED) is 0.476. The van der Waals surface area contributed by atoms with Crippen molar-refractivity contribution in [2.75, 3.05) is 0 Å². The van der Waals surface area contributed by atoms with Gasteiger partial charge in [0, 0.05) is 9.81 Å². The Morgan fingerprint density at radius 2 is 1.15 bits per heavy atom. The third kappa shape index (κ3) is 6.07. The van der Waals surface area contributed by atoms with E-state index in [0.29, 0.717) is 21.3 Å². The van der Waals surface area contributed by atoms with Crippen LogP contribution >= 0.6 is 34.8 Å². The summed E-state index contributed by atoms with van der Waals surface area (Å²) in [5.41, 5.74) is 3.56. The highest BCUT2D eigenvalue weighted by Crippen LogP contribution is 2.27. The first-order chi connectivity index (χ1) is 12.3. The van der Waals surface area contributed by atoms with Crippen LogP contribution in [0, 0.1) is 0 Å². The Labute approximate surface area is 173 Å². The maximum atomic E-state index is 12.5. The monoisotopic (exact) mass is 446 g/mol. The Morgan fingerprint density at radius 1 is 0.769 bits per heavy atom. The summed E-state index contributed by atoms with van der Waals surface area (Å²) in [7, 11) is -2.36. The summed E-state index contributed by atoms with van der Waals surface area (Å²) in [5, 5.41) is 0. The first kappa shape index (κ1) is 21.4. The van der Waals surface area contributed by atoms with Gasteiger partial charge in [-0.1, -0.05) is 90.4 Å². The summed E-state index contributed by atoms with van der Waals surface area (Å²) >= 11 is 14.4. The van der Waals surface area contributed by atoms with Gasteiger partial charge in [0.2, 0.25) is 0 Å². The van der Waals surface area contributed by atoms with Crippen molar-refractivity contribution in [3.63, 3.8) is 0 Å². The van der Waals surface area contributed by atoms with Gasteiger partial charge < -0.3 is 0 Å². The zero-order chi connectivity index (χ0) is 19.3. The molecule has 0 N–H and O–H groups in total. The Bertz CT molecular complexity index is 815. The van der Waals surface area contributed by atoms with E-state index in [2.05, 4.69) is 13.2 Å². The molecular formula is C19H17Cl3O2S2. The summed E-state index contributed by atoms with van der Waals surface area (Å²) in [6.07, 6.45) is 0. The lowest BCUT2D eigenvalue weighted by Crippen LogP contribution is -2.03. The minimum atomic E-state index is -1.18. The van der Waals surface area contributed by atoms with Crippen LogP contribution in [-0.2, 0) is 33.1 Å². The van der Waals surface area contributed by atoms with Crippen molar-refractivity contribution >= 4 is 66.2 Å². The molecule has 2 aromatic carbocycles. The standard InChI is InChI=1S/C18H16O2S2.CHCl3/c1-13-17-7-4-8-18(10-17)14(2)22(20)12-16-6-3-5-15(9-16)11-21(13)19;2-1(3)4/h3-10H,1-2,11-12H2;1H/t21-,22+;. The van der Waals surface area contributed by atoms with Crippen LogP contribution in [0.15, 0.2) is 61.7 Å². The number of hydrogen-bond acceptors (Lipinski definition) is 2. The van der Waals surface area contributed by atoms with E-state index < -0.39 is 25.9 Å². The molecule has 2 nitrogen and oxygen atoms in total. The number of fused-ring (bicyclic) bond motifs is 4. The van der Waals surface area contributed by atoms with Gasteiger partial charge in [-0.2, -0.15) is 0 Å². The molecule has 3 rings (SSSR count). The summed E-state index contributed by atoms with van der Waals surface area (Å²) in [6.45, 7) is 7.95. The third-order valence-corrected chi connectivity index (χ3v) is 6.40. The van der Waals surface area contributed by atoms with E-state index in [0.717, 1.165) is 22.3 Å². The number of halogens is 3. The van der Waals surface area contributed by atoms with Gasteiger partial charge in [0.05, 0.1) is 33.1 Å². The molecule has 0 spiro atoms. The van der Waals surface area contributed by atoms with Gasteiger partial charge in [-0.05, 0) is 28.3 Å². The van der Waals surface area contributed by atoms with Gasteiger partial charge >= 0.3 is 0 Å².